The molecule has 7 heteroatoms. The molecule has 0 bridgehead atoms. The smallest absolute Gasteiger partial charge is 0.225 e. The molecule has 1 rings (SSSR count). The van der Waals surface area contributed by atoms with E-state index in [1.807, 2.05) is 13.8 Å². The molecule has 0 aliphatic rings. The maximum Gasteiger partial charge on any atom is 0.225 e. The second-order valence-corrected chi connectivity index (χ2v) is 5.41. The topological polar surface area (TPSA) is 55.2 Å². The van der Waals surface area contributed by atoms with Gasteiger partial charge in [0.25, 0.3) is 0 Å². The van der Waals surface area contributed by atoms with E-state index in [4.69, 9.17) is 39.5 Å². The average molecular weight is 300 g/mol. The van der Waals surface area contributed by atoms with Gasteiger partial charge in [0, 0.05) is 5.41 Å². The van der Waals surface area contributed by atoms with Crippen molar-refractivity contribution in [1.82, 2.24) is 9.97 Å². The van der Waals surface area contributed by atoms with Gasteiger partial charge in [-0.3, -0.25) is 0 Å². The molecule has 4 nitrogen and oxygen atoms in total. The fourth-order valence-corrected chi connectivity index (χ4v) is 1.62. The van der Waals surface area contributed by atoms with Crippen LogP contribution in [-0.2, 0) is 0 Å². The second kappa shape index (κ2) is 5.57. The molecule has 1 heterocycles. The molecule has 0 aliphatic carbocycles. The molecule has 1 aromatic rings. The summed E-state index contributed by atoms with van der Waals surface area (Å²) < 4.78 is 5.44. The van der Waals surface area contributed by atoms with Crippen molar-refractivity contribution in [2.24, 2.45) is 5.41 Å². The Balaban J connectivity index is 2.83. The summed E-state index contributed by atoms with van der Waals surface area (Å²) in [6, 6.07) is 0. The van der Waals surface area contributed by atoms with Gasteiger partial charge in [0.05, 0.1) is 12.7 Å². The standard InChI is InChI=1S/C10H13Cl3N2O2/c1-5(16)10(2,3)4-17-6-7(11)14-9(13)15-8(6)12/h5,16H,4H2,1-3H3. The Morgan fingerprint density at radius 2 is 1.71 bits per heavy atom. The van der Waals surface area contributed by atoms with Gasteiger partial charge in [-0.05, 0) is 18.5 Å². The van der Waals surface area contributed by atoms with Crippen LogP contribution in [0, 0.1) is 5.41 Å². The van der Waals surface area contributed by atoms with E-state index >= 15 is 0 Å². The Kier molecular flexibility index (Phi) is 4.84. The number of aliphatic hydroxyl groups is 1. The lowest BCUT2D eigenvalue weighted by Gasteiger charge is -2.27. The molecule has 0 spiro atoms. The monoisotopic (exact) mass is 298 g/mol. The molecule has 0 fully saturated rings. The molecule has 17 heavy (non-hydrogen) atoms. The van der Waals surface area contributed by atoms with Gasteiger partial charge in [-0.15, -0.1) is 0 Å². The van der Waals surface area contributed by atoms with Crippen LogP contribution in [0.4, 0.5) is 0 Å². The normalized spacial score (nSPS) is 13.6. The first-order valence-electron chi connectivity index (χ1n) is 4.93. The minimum atomic E-state index is -0.534. The molecule has 0 radical (unpaired) electrons. The highest BCUT2D eigenvalue weighted by Gasteiger charge is 2.26. The van der Waals surface area contributed by atoms with Gasteiger partial charge < -0.3 is 9.84 Å². The van der Waals surface area contributed by atoms with Gasteiger partial charge in [0.15, 0.2) is 16.1 Å². The van der Waals surface area contributed by atoms with Crippen molar-refractivity contribution in [2.45, 2.75) is 26.9 Å². The molecule has 0 aromatic carbocycles. The number of rotatable bonds is 4. The van der Waals surface area contributed by atoms with Crippen LogP contribution in [0.15, 0.2) is 0 Å². The first kappa shape index (κ1) is 14.8. The predicted molar refractivity (Wildman–Crippen MR) is 68.0 cm³/mol. The van der Waals surface area contributed by atoms with Crippen molar-refractivity contribution in [3.05, 3.63) is 15.6 Å². The van der Waals surface area contributed by atoms with E-state index < -0.39 is 11.5 Å². The van der Waals surface area contributed by atoms with Crippen LogP contribution in [0.25, 0.3) is 0 Å². The molecular formula is C10H13Cl3N2O2. The fraction of sp³-hybridized carbons (Fsp3) is 0.600. The number of ether oxygens (including phenoxy) is 1. The summed E-state index contributed by atoms with van der Waals surface area (Å²) in [5.41, 5.74) is -0.438. The van der Waals surface area contributed by atoms with Crippen LogP contribution in [0.1, 0.15) is 20.8 Å². The molecule has 1 aromatic heterocycles. The van der Waals surface area contributed by atoms with Gasteiger partial charge in [-0.2, -0.15) is 0 Å². The van der Waals surface area contributed by atoms with E-state index in [1.54, 1.807) is 6.92 Å². The zero-order valence-corrected chi connectivity index (χ0v) is 11.9. The van der Waals surface area contributed by atoms with Crippen LogP contribution in [0.5, 0.6) is 5.75 Å². The molecule has 0 saturated carbocycles. The molecule has 1 N–H and O–H groups in total. The maximum atomic E-state index is 9.54. The molecule has 96 valence electrons. The lowest BCUT2D eigenvalue weighted by atomic mass is 9.89. The first-order valence-corrected chi connectivity index (χ1v) is 6.07. The highest BCUT2D eigenvalue weighted by atomic mass is 35.5. The molecule has 0 aliphatic heterocycles. The third-order valence-corrected chi connectivity index (χ3v) is 3.16. The van der Waals surface area contributed by atoms with Crippen molar-refractivity contribution >= 4 is 34.8 Å². The molecular weight excluding hydrogens is 286 g/mol. The number of aliphatic hydroxyl groups excluding tert-OH is 1. The Hall–Kier alpha value is -0.290. The third-order valence-electron chi connectivity index (χ3n) is 2.48. The largest absolute Gasteiger partial charge is 0.487 e. The van der Waals surface area contributed by atoms with Gasteiger partial charge in [0.1, 0.15) is 0 Å². The predicted octanol–water partition coefficient (Wildman–Crippen LogP) is 3.22. The van der Waals surface area contributed by atoms with Crippen LogP contribution in [-0.4, -0.2) is 27.8 Å². The highest BCUT2D eigenvalue weighted by Crippen LogP contribution is 2.32. The van der Waals surface area contributed by atoms with Crippen molar-refractivity contribution in [3.63, 3.8) is 0 Å². The lowest BCUT2D eigenvalue weighted by molar-refractivity contribution is 0.0283. The van der Waals surface area contributed by atoms with E-state index in [0.717, 1.165) is 0 Å². The van der Waals surface area contributed by atoms with Crippen molar-refractivity contribution < 1.29 is 9.84 Å². The summed E-state index contributed by atoms with van der Waals surface area (Å²) >= 11 is 17.2. The van der Waals surface area contributed by atoms with Gasteiger partial charge in [-0.25, -0.2) is 9.97 Å². The summed E-state index contributed by atoms with van der Waals surface area (Å²) in [6.07, 6.45) is -0.534. The zero-order chi connectivity index (χ0) is 13.2. The fourth-order valence-electron chi connectivity index (χ4n) is 0.872. The van der Waals surface area contributed by atoms with E-state index in [0.29, 0.717) is 0 Å². The third kappa shape index (κ3) is 3.85. The molecule has 1 atom stereocenters. The van der Waals surface area contributed by atoms with E-state index in [9.17, 15) is 5.11 Å². The summed E-state index contributed by atoms with van der Waals surface area (Å²) in [5, 5.41) is 9.61. The quantitative estimate of drug-likeness (QED) is 0.685. The molecule has 1 unspecified atom stereocenters. The Labute approximate surface area is 115 Å². The minimum Gasteiger partial charge on any atom is -0.487 e. The van der Waals surface area contributed by atoms with Crippen molar-refractivity contribution in [2.75, 3.05) is 6.61 Å². The molecule has 0 amide bonds. The van der Waals surface area contributed by atoms with Gasteiger partial charge in [0.2, 0.25) is 5.28 Å². The van der Waals surface area contributed by atoms with Crippen LogP contribution >= 0.6 is 34.8 Å². The Morgan fingerprint density at radius 3 is 2.12 bits per heavy atom. The summed E-state index contributed by atoms with van der Waals surface area (Å²) in [4.78, 5) is 7.46. The van der Waals surface area contributed by atoms with Crippen molar-refractivity contribution in [3.8, 4) is 5.75 Å². The lowest BCUT2D eigenvalue weighted by Crippen LogP contribution is -2.33. The van der Waals surface area contributed by atoms with Crippen LogP contribution in [0.2, 0.25) is 15.6 Å². The number of hydrogen-bond acceptors (Lipinski definition) is 4. The number of aromatic nitrogens is 2. The highest BCUT2D eigenvalue weighted by molar-refractivity contribution is 6.37. The zero-order valence-electron chi connectivity index (χ0n) is 9.67. The second-order valence-electron chi connectivity index (χ2n) is 4.36. The van der Waals surface area contributed by atoms with Crippen molar-refractivity contribution in [1.29, 1.82) is 0 Å². The SMILES string of the molecule is CC(O)C(C)(C)COc1c(Cl)nc(Cl)nc1Cl. The summed E-state index contributed by atoms with van der Waals surface area (Å²) in [7, 11) is 0. The Morgan fingerprint density at radius 1 is 1.24 bits per heavy atom. The number of halogens is 3. The van der Waals surface area contributed by atoms with Gasteiger partial charge in [-0.1, -0.05) is 37.0 Å². The van der Waals surface area contributed by atoms with Gasteiger partial charge >= 0.3 is 0 Å². The number of hydrogen-bond donors (Lipinski definition) is 1. The molecule has 0 saturated heterocycles. The van der Waals surface area contributed by atoms with Crippen LogP contribution < -0.4 is 4.74 Å². The summed E-state index contributed by atoms with van der Waals surface area (Å²) in [5.74, 6) is 0.173. The average Bonchev–Trinajstić information content (AvgIpc) is 2.15. The van der Waals surface area contributed by atoms with E-state index in [-0.39, 0.29) is 27.9 Å². The first-order chi connectivity index (χ1) is 7.74. The Bertz CT molecular complexity index is 388. The maximum absolute atomic E-state index is 9.54. The summed E-state index contributed by atoms with van der Waals surface area (Å²) in [6.45, 7) is 5.63. The van der Waals surface area contributed by atoms with E-state index in [1.165, 1.54) is 0 Å². The minimum absolute atomic E-state index is 0.0397. The van der Waals surface area contributed by atoms with E-state index in [2.05, 4.69) is 9.97 Å². The van der Waals surface area contributed by atoms with Crippen LogP contribution in [0.3, 0.4) is 0 Å². The number of nitrogens with zero attached hydrogens (tertiary/aromatic N) is 2.